The van der Waals surface area contributed by atoms with E-state index < -0.39 is 21.0 Å². The van der Waals surface area contributed by atoms with E-state index in [0.717, 1.165) is 3.67 Å². The molecular weight excluding hydrogens is 542 g/mol. The van der Waals surface area contributed by atoms with E-state index in [1.54, 1.807) is 12.1 Å². The molecule has 0 N–H and O–H groups in total. The van der Waals surface area contributed by atoms with E-state index in [0.29, 0.717) is 0 Å². The summed E-state index contributed by atoms with van der Waals surface area (Å²) in [5.41, 5.74) is 3.02. The van der Waals surface area contributed by atoms with Crippen molar-refractivity contribution in [1.29, 1.82) is 0 Å². The predicted octanol–water partition coefficient (Wildman–Crippen LogP) is -1.56. The van der Waals surface area contributed by atoms with Crippen molar-refractivity contribution in [3.05, 3.63) is 63.0 Å². The third kappa shape index (κ3) is 3.48. The fraction of sp³-hybridized carbons (Fsp3) is 0.235. The van der Waals surface area contributed by atoms with Crippen LogP contribution in [0, 0.1) is 0 Å². The third-order valence-corrected chi connectivity index (χ3v) is 15.5. The molecule has 2 aliphatic carbocycles. The third-order valence-electron chi connectivity index (χ3n) is 3.77. The second-order valence-corrected chi connectivity index (χ2v) is 16.3. The van der Waals surface area contributed by atoms with Gasteiger partial charge in [0.15, 0.2) is 0 Å². The summed E-state index contributed by atoms with van der Waals surface area (Å²) in [5, 5.41) is 0. The van der Waals surface area contributed by atoms with Crippen LogP contribution in [0.25, 0.3) is 6.08 Å². The predicted molar refractivity (Wildman–Crippen MR) is 76.4 cm³/mol. The Morgan fingerprint density at radius 2 is 1.90 bits per heavy atom. The molecular formula is C17H18Br2Hf. The van der Waals surface area contributed by atoms with Crippen LogP contribution in [0.1, 0.15) is 35.1 Å². The van der Waals surface area contributed by atoms with Crippen LogP contribution < -0.4 is 34.0 Å². The Bertz CT molecular complexity index is 605. The van der Waals surface area contributed by atoms with E-state index >= 15 is 0 Å². The Kier molecular flexibility index (Phi) is 7.23. The first kappa shape index (κ1) is 18.2. The summed E-state index contributed by atoms with van der Waals surface area (Å²) in [7, 11) is 0. The topological polar surface area (TPSA) is 0 Å². The zero-order valence-electron chi connectivity index (χ0n) is 11.7. The smallest absolute Gasteiger partial charge is 1.00 e. The molecule has 0 radical (unpaired) electrons. The molecule has 0 heterocycles. The Balaban J connectivity index is 0.000001000. The SMILES string of the molecule is C[C](C)=[Hf+2]([C]1=CC=CC1)[CH]1C=Cc2ccccc21.[Br-].[Br-]. The molecule has 0 bridgehead atoms. The monoisotopic (exact) mass is 560 g/mol. The van der Waals surface area contributed by atoms with E-state index in [1.165, 1.54) is 12.0 Å². The van der Waals surface area contributed by atoms with Gasteiger partial charge in [-0.05, 0) is 0 Å². The van der Waals surface area contributed by atoms with E-state index in [1.807, 2.05) is 0 Å². The minimum Gasteiger partial charge on any atom is -1.00 e. The second-order valence-electron chi connectivity index (χ2n) is 5.20. The summed E-state index contributed by atoms with van der Waals surface area (Å²) in [5.74, 6) is 0. The number of hydrogen-bond acceptors (Lipinski definition) is 0. The molecule has 2 aliphatic rings. The molecule has 0 saturated carbocycles. The van der Waals surface area contributed by atoms with Crippen LogP contribution in [0.4, 0.5) is 0 Å². The maximum atomic E-state index is 2.47. The number of benzene rings is 1. The molecule has 0 aliphatic heterocycles. The number of fused-ring (bicyclic) bond motifs is 1. The van der Waals surface area contributed by atoms with Gasteiger partial charge in [0, 0.05) is 0 Å². The first-order valence-corrected chi connectivity index (χ1v) is 12.2. The van der Waals surface area contributed by atoms with E-state index in [2.05, 4.69) is 68.5 Å². The van der Waals surface area contributed by atoms with Gasteiger partial charge in [-0.25, -0.2) is 0 Å². The molecule has 0 fully saturated rings. The molecule has 3 rings (SSSR count). The average molecular weight is 561 g/mol. The van der Waals surface area contributed by atoms with Gasteiger partial charge in [0.1, 0.15) is 0 Å². The summed E-state index contributed by atoms with van der Waals surface area (Å²) in [6.07, 6.45) is 13.0. The largest absolute Gasteiger partial charge is 1.00 e. The van der Waals surface area contributed by atoms with Crippen molar-refractivity contribution in [3.8, 4) is 0 Å². The minimum atomic E-state index is -1.86. The van der Waals surface area contributed by atoms with Crippen molar-refractivity contribution in [1.82, 2.24) is 0 Å². The number of allylic oxidation sites excluding steroid dienone is 5. The molecule has 1 aromatic rings. The van der Waals surface area contributed by atoms with Crippen molar-refractivity contribution in [2.75, 3.05) is 0 Å². The van der Waals surface area contributed by atoms with Gasteiger partial charge < -0.3 is 34.0 Å². The van der Waals surface area contributed by atoms with Crippen molar-refractivity contribution in [2.45, 2.75) is 23.9 Å². The quantitative estimate of drug-likeness (QED) is 0.384. The average Bonchev–Trinajstić information content (AvgIpc) is 3.00. The van der Waals surface area contributed by atoms with Crippen molar-refractivity contribution in [3.63, 3.8) is 0 Å². The maximum absolute atomic E-state index is 2.47. The number of halogens is 2. The van der Waals surface area contributed by atoms with Crippen LogP contribution in [-0.2, 0) is 21.0 Å². The first-order valence-electron chi connectivity index (χ1n) is 6.58. The van der Waals surface area contributed by atoms with Gasteiger partial charge in [-0.3, -0.25) is 0 Å². The molecule has 1 atom stereocenters. The zero-order chi connectivity index (χ0) is 12.5. The fourth-order valence-corrected chi connectivity index (χ4v) is 14.3. The van der Waals surface area contributed by atoms with Gasteiger partial charge in [-0.1, -0.05) is 0 Å². The normalized spacial score (nSPS) is 17.4. The molecule has 0 amide bonds. The molecule has 0 saturated heterocycles. The Labute approximate surface area is 150 Å². The second kappa shape index (κ2) is 7.95. The summed E-state index contributed by atoms with van der Waals surface area (Å²) in [6.45, 7) is 4.71. The summed E-state index contributed by atoms with van der Waals surface area (Å²) in [4.78, 5) is 0. The molecule has 104 valence electrons. The van der Waals surface area contributed by atoms with Gasteiger partial charge in [-0.15, -0.1) is 0 Å². The molecule has 1 aromatic carbocycles. The van der Waals surface area contributed by atoms with Crippen LogP contribution in [0.3, 0.4) is 0 Å². The van der Waals surface area contributed by atoms with Crippen molar-refractivity contribution >= 4 is 9.33 Å². The Morgan fingerprint density at radius 3 is 2.55 bits per heavy atom. The van der Waals surface area contributed by atoms with Crippen LogP contribution in [-0.4, -0.2) is 3.26 Å². The zero-order valence-corrected chi connectivity index (χ0v) is 18.5. The minimum absolute atomic E-state index is 0. The summed E-state index contributed by atoms with van der Waals surface area (Å²) < 4.78 is 4.23. The Morgan fingerprint density at radius 1 is 1.15 bits per heavy atom. The molecule has 3 heteroatoms. The number of hydrogen-bond donors (Lipinski definition) is 0. The summed E-state index contributed by atoms with van der Waals surface area (Å²) >= 11 is -1.86. The number of rotatable bonds is 2. The van der Waals surface area contributed by atoms with Gasteiger partial charge in [0.25, 0.3) is 0 Å². The van der Waals surface area contributed by atoms with Crippen molar-refractivity contribution < 1.29 is 54.9 Å². The van der Waals surface area contributed by atoms with Gasteiger partial charge in [0.2, 0.25) is 0 Å². The van der Waals surface area contributed by atoms with E-state index in [-0.39, 0.29) is 34.0 Å². The fourth-order valence-electron chi connectivity index (χ4n) is 2.98. The van der Waals surface area contributed by atoms with E-state index in [4.69, 9.17) is 0 Å². The van der Waals surface area contributed by atoms with E-state index in [9.17, 15) is 0 Å². The van der Waals surface area contributed by atoms with Gasteiger partial charge in [0.05, 0.1) is 0 Å². The van der Waals surface area contributed by atoms with Crippen LogP contribution in [0.5, 0.6) is 0 Å². The van der Waals surface area contributed by atoms with Gasteiger partial charge in [-0.2, -0.15) is 0 Å². The standard InChI is InChI=1S/C9H7.C5H5.C3H6.2BrH.Hf/c1-2-5-9-7-3-6-8(9)4-1;1-2-4-5-3-1;1-3-2;;;/h1-7H;1-3H,4H2;1-2H3;2*1H;/q;;;;;+2/p-2. The maximum Gasteiger partial charge on any atom is -1.00 e. The molecule has 0 aromatic heterocycles. The molecule has 0 nitrogen and oxygen atoms in total. The van der Waals surface area contributed by atoms with Gasteiger partial charge >= 0.3 is 117 Å². The van der Waals surface area contributed by atoms with Crippen LogP contribution >= 0.6 is 0 Å². The van der Waals surface area contributed by atoms with Crippen molar-refractivity contribution in [2.24, 2.45) is 0 Å². The first-order chi connectivity index (χ1) is 8.77. The molecule has 20 heavy (non-hydrogen) atoms. The van der Waals surface area contributed by atoms with Crippen LogP contribution in [0.2, 0.25) is 0 Å². The summed E-state index contributed by atoms with van der Waals surface area (Å²) in [6, 6.07) is 8.92. The molecule has 0 spiro atoms. The van der Waals surface area contributed by atoms with Crippen LogP contribution in [0.15, 0.2) is 51.9 Å². The Hall–Kier alpha value is 0.140. The molecule has 1 unspecified atom stereocenters.